The number of carbonyl (C=O) groups excluding carboxylic acids is 1. The second-order valence-electron chi connectivity index (χ2n) is 6.46. The van der Waals surface area contributed by atoms with Crippen LogP contribution in [-0.4, -0.2) is 36.5 Å². The minimum atomic E-state index is 0.161. The third kappa shape index (κ3) is 1.48. The lowest BCUT2D eigenvalue weighted by molar-refractivity contribution is -0.136. The van der Waals surface area contributed by atoms with Gasteiger partial charge in [-0.25, -0.2) is 0 Å². The first-order chi connectivity index (χ1) is 7.30. The van der Waals surface area contributed by atoms with Crippen LogP contribution in [-0.2, 0) is 4.79 Å². The Bertz CT molecular complexity index is 295. The van der Waals surface area contributed by atoms with Gasteiger partial charge in [0, 0.05) is 31.6 Å². The Balaban J connectivity index is 2.09. The number of amides is 1. The molecule has 0 aromatic rings. The summed E-state index contributed by atoms with van der Waals surface area (Å²) in [4.78, 5) is 14.6. The number of nitrogens with zero attached hydrogens (tertiary/aromatic N) is 1. The molecule has 0 unspecified atom stereocenters. The Morgan fingerprint density at radius 3 is 2.25 bits per heavy atom. The number of nitrogens with one attached hydrogen (secondary N) is 1. The van der Waals surface area contributed by atoms with E-state index in [1.165, 1.54) is 0 Å². The zero-order valence-corrected chi connectivity index (χ0v) is 11.1. The summed E-state index contributed by atoms with van der Waals surface area (Å²) >= 11 is 0. The average Bonchev–Trinajstić information content (AvgIpc) is 2.57. The molecule has 1 N–H and O–H groups in total. The number of hydrogen-bond donors (Lipinski definition) is 1. The predicted molar refractivity (Wildman–Crippen MR) is 65.1 cm³/mol. The number of rotatable bonds is 1. The maximum Gasteiger partial charge on any atom is 0.227 e. The summed E-state index contributed by atoms with van der Waals surface area (Å²) in [5.74, 6) is 0.574. The number of piperazine rings is 1. The van der Waals surface area contributed by atoms with Crippen LogP contribution in [0.25, 0.3) is 0 Å². The average molecular weight is 224 g/mol. The van der Waals surface area contributed by atoms with Crippen LogP contribution in [0.1, 0.15) is 34.6 Å². The van der Waals surface area contributed by atoms with Gasteiger partial charge in [-0.1, -0.05) is 27.7 Å². The highest BCUT2D eigenvalue weighted by Gasteiger charge is 2.69. The fraction of sp³-hybridized carbons (Fsp3) is 0.923. The zero-order valence-electron chi connectivity index (χ0n) is 11.1. The molecule has 92 valence electrons. The van der Waals surface area contributed by atoms with Crippen LogP contribution in [0.5, 0.6) is 0 Å². The lowest BCUT2D eigenvalue weighted by Crippen LogP contribution is -2.53. The lowest BCUT2D eigenvalue weighted by Gasteiger charge is -2.34. The van der Waals surface area contributed by atoms with Gasteiger partial charge in [-0.2, -0.15) is 0 Å². The summed E-state index contributed by atoms with van der Waals surface area (Å²) in [7, 11) is 0. The van der Waals surface area contributed by atoms with Gasteiger partial charge in [0.15, 0.2) is 0 Å². The second-order valence-corrected chi connectivity index (χ2v) is 6.46. The molecule has 1 saturated carbocycles. The molecule has 2 rings (SSSR count). The van der Waals surface area contributed by atoms with Crippen molar-refractivity contribution >= 4 is 5.91 Å². The van der Waals surface area contributed by atoms with Crippen molar-refractivity contribution in [2.45, 2.75) is 40.7 Å². The van der Waals surface area contributed by atoms with Crippen molar-refractivity contribution in [2.75, 3.05) is 19.6 Å². The molecule has 2 fully saturated rings. The SMILES string of the molecule is C[C@H]1CNCCN1C(=O)C1C(C)(C)C1(C)C. The van der Waals surface area contributed by atoms with Crippen molar-refractivity contribution in [3.63, 3.8) is 0 Å². The molecule has 3 nitrogen and oxygen atoms in total. The third-order valence-electron chi connectivity index (χ3n) is 5.05. The van der Waals surface area contributed by atoms with Gasteiger partial charge in [-0.15, -0.1) is 0 Å². The van der Waals surface area contributed by atoms with E-state index < -0.39 is 0 Å². The molecule has 1 aliphatic heterocycles. The van der Waals surface area contributed by atoms with E-state index in [1.807, 2.05) is 0 Å². The van der Waals surface area contributed by atoms with Crippen LogP contribution >= 0.6 is 0 Å². The molecule has 3 heteroatoms. The van der Waals surface area contributed by atoms with Gasteiger partial charge in [0.25, 0.3) is 0 Å². The molecule has 0 spiro atoms. The fourth-order valence-electron chi connectivity index (χ4n) is 3.15. The molecule has 0 bridgehead atoms. The van der Waals surface area contributed by atoms with Gasteiger partial charge in [-0.05, 0) is 17.8 Å². The monoisotopic (exact) mass is 224 g/mol. The fourth-order valence-corrected chi connectivity index (χ4v) is 3.15. The van der Waals surface area contributed by atoms with Crippen LogP contribution in [0.3, 0.4) is 0 Å². The Morgan fingerprint density at radius 1 is 1.25 bits per heavy atom. The molecule has 1 amide bonds. The van der Waals surface area contributed by atoms with Crippen molar-refractivity contribution in [3.05, 3.63) is 0 Å². The van der Waals surface area contributed by atoms with E-state index in [0.29, 0.717) is 11.9 Å². The van der Waals surface area contributed by atoms with E-state index in [9.17, 15) is 4.79 Å². The molecule has 16 heavy (non-hydrogen) atoms. The maximum absolute atomic E-state index is 12.5. The number of hydrogen-bond acceptors (Lipinski definition) is 2. The Kier molecular flexibility index (Phi) is 2.57. The Hall–Kier alpha value is -0.570. The molecule has 0 radical (unpaired) electrons. The quantitative estimate of drug-likeness (QED) is 0.732. The third-order valence-corrected chi connectivity index (χ3v) is 5.05. The highest BCUT2D eigenvalue weighted by Crippen LogP contribution is 2.68. The highest BCUT2D eigenvalue weighted by atomic mass is 16.2. The summed E-state index contributed by atoms with van der Waals surface area (Å²) in [6.07, 6.45) is 0. The van der Waals surface area contributed by atoms with E-state index in [-0.39, 0.29) is 16.7 Å². The van der Waals surface area contributed by atoms with E-state index in [1.54, 1.807) is 0 Å². The minimum absolute atomic E-state index is 0.161. The van der Waals surface area contributed by atoms with Crippen LogP contribution in [0.2, 0.25) is 0 Å². The van der Waals surface area contributed by atoms with E-state index in [0.717, 1.165) is 19.6 Å². The lowest BCUT2D eigenvalue weighted by atomic mass is 10.0. The summed E-state index contributed by atoms with van der Waals surface area (Å²) in [5.41, 5.74) is 0.323. The topological polar surface area (TPSA) is 32.3 Å². The van der Waals surface area contributed by atoms with E-state index >= 15 is 0 Å². The van der Waals surface area contributed by atoms with Crippen molar-refractivity contribution in [3.8, 4) is 0 Å². The molecule has 0 aromatic carbocycles. The van der Waals surface area contributed by atoms with Crippen LogP contribution in [0.15, 0.2) is 0 Å². The summed E-state index contributed by atoms with van der Waals surface area (Å²) in [5, 5.41) is 3.33. The van der Waals surface area contributed by atoms with Gasteiger partial charge in [0.1, 0.15) is 0 Å². The first-order valence-corrected chi connectivity index (χ1v) is 6.31. The van der Waals surface area contributed by atoms with Crippen molar-refractivity contribution in [1.82, 2.24) is 10.2 Å². The van der Waals surface area contributed by atoms with Crippen LogP contribution < -0.4 is 5.32 Å². The summed E-state index contributed by atoms with van der Waals surface area (Å²) in [6, 6.07) is 0.341. The van der Waals surface area contributed by atoms with E-state index in [2.05, 4.69) is 44.8 Å². The maximum atomic E-state index is 12.5. The van der Waals surface area contributed by atoms with Gasteiger partial charge in [0.2, 0.25) is 5.91 Å². The van der Waals surface area contributed by atoms with Gasteiger partial charge in [0.05, 0.1) is 0 Å². The van der Waals surface area contributed by atoms with Crippen molar-refractivity contribution in [1.29, 1.82) is 0 Å². The van der Waals surface area contributed by atoms with Crippen molar-refractivity contribution < 1.29 is 4.79 Å². The predicted octanol–water partition coefficient (Wildman–Crippen LogP) is 1.49. The van der Waals surface area contributed by atoms with Crippen LogP contribution in [0.4, 0.5) is 0 Å². The van der Waals surface area contributed by atoms with E-state index in [4.69, 9.17) is 0 Å². The Labute approximate surface area is 98.6 Å². The minimum Gasteiger partial charge on any atom is -0.337 e. The zero-order chi connectivity index (χ0) is 12.1. The standard InChI is InChI=1S/C13H24N2O/c1-9-8-14-6-7-15(9)11(16)10-12(2,3)13(10,4)5/h9-10,14H,6-8H2,1-5H3/t9-/m0/s1. The van der Waals surface area contributed by atoms with Crippen molar-refractivity contribution in [2.24, 2.45) is 16.7 Å². The largest absolute Gasteiger partial charge is 0.337 e. The summed E-state index contributed by atoms with van der Waals surface area (Å²) in [6.45, 7) is 13.7. The molecule has 1 aliphatic carbocycles. The smallest absolute Gasteiger partial charge is 0.227 e. The summed E-state index contributed by atoms with van der Waals surface area (Å²) < 4.78 is 0. The molecule has 1 atom stereocenters. The molecular weight excluding hydrogens is 200 g/mol. The normalized spacial score (nSPS) is 32.6. The molecular formula is C13H24N2O. The number of carbonyl (C=O) groups is 1. The van der Waals surface area contributed by atoms with Gasteiger partial charge < -0.3 is 10.2 Å². The van der Waals surface area contributed by atoms with Gasteiger partial charge in [-0.3, -0.25) is 4.79 Å². The van der Waals surface area contributed by atoms with Crippen LogP contribution in [0, 0.1) is 16.7 Å². The Morgan fingerprint density at radius 2 is 1.81 bits per heavy atom. The first-order valence-electron chi connectivity index (χ1n) is 6.31. The molecule has 1 heterocycles. The highest BCUT2D eigenvalue weighted by molar-refractivity contribution is 5.84. The molecule has 1 saturated heterocycles. The van der Waals surface area contributed by atoms with Gasteiger partial charge >= 0.3 is 0 Å². The first kappa shape index (κ1) is 11.9. The molecule has 2 aliphatic rings. The molecule has 0 aromatic heterocycles. The second kappa shape index (κ2) is 3.46.